The highest BCUT2D eigenvalue weighted by atomic mass is 35.5. The summed E-state index contributed by atoms with van der Waals surface area (Å²) in [4.78, 5) is 22.4. The summed E-state index contributed by atoms with van der Waals surface area (Å²) in [6, 6.07) is 7.11. The molecular weight excluding hydrogens is 417 g/mol. The predicted molar refractivity (Wildman–Crippen MR) is 119 cm³/mol. The third kappa shape index (κ3) is 2.87. The molecule has 5 rings (SSSR count). The number of hydrogen-bond donors (Lipinski definition) is 2. The van der Waals surface area contributed by atoms with E-state index >= 15 is 4.39 Å². The quantitative estimate of drug-likeness (QED) is 0.603. The van der Waals surface area contributed by atoms with E-state index in [1.807, 2.05) is 12.1 Å². The first-order valence-corrected chi connectivity index (χ1v) is 10.4. The van der Waals surface area contributed by atoms with Gasteiger partial charge in [-0.15, -0.1) is 0 Å². The first-order valence-electron chi connectivity index (χ1n) is 9.98. The zero-order chi connectivity index (χ0) is 21.9. The summed E-state index contributed by atoms with van der Waals surface area (Å²) >= 11 is 6.89. The molecule has 3 aromatic rings. The van der Waals surface area contributed by atoms with Gasteiger partial charge in [-0.05, 0) is 42.2 Å². The van der Waals surface area contributed by atoms with Gasteiger partial charge < -0.3 is 16.0 Å². The van der Waals surface area contributed by atoms with Crippen molar-refractivity contribution in [3.05, 3.63) is 70.4 Å². The minimum atomic E-state index is -0.691. The number of carbonyl (C=O) groups is 1. The largest absolute Gasteiger partial charge is 0.398 e. The summed E-state index contributed by atoms with van der Waals surface area (Å²) < 4.78 is 15.5. The number of nitrogens with two attached hydrogens (primary N) is 1. The van der Waals surface area contributed by atoms with Crippen molar-refractivity contribution in [1.29, 1.82) is 0 Å². The topological polar surface area (TPSA) is 84.1 Å². The minimum Gasteiger partial charge on any atom is -0.398 e. The number of fused-ring (bicyclic) bond motifs is 2. The lowest BCUT2D eigenvalue weighted by molar-refractivity contribution is 0.0824. The van der Waals surface area contributed by atoms with Gasteiger partial charge in [-0.2, -0.15) is 0 Å². The Kier molecular flexibility index (Phi) is 4.41. The molecule has 0 bridgehead atoms. The number of halogens is 2. The molecule has 1 saturated carbocycles. The molecule has 1 aliphatic heterocycles. The van der Waals surface area contributed by atoms with Crippen molar-refractivity contribution in [1.82, 2.24) is 14.9 Å². The number of benzene rings is 1. The fourth-order valence-corrected chi connectivity index (χ4v) is 5.07. The fraction of sp³-hybridized carbons (Fsp3) is 0.261. The number of nitrogen functional groups attached to an aromatic ring is 1. The highest BCUT2D eigenvalue weighted by Gasteiger charge is 2.60. The summed E-state index contributed by atoms with van der Waals surface area (Å²) in [5.74, 6) is -0.171. The Morgan fingerprint density at radius 1 is 1.26 bits per heavy atom. The Morgan fingerprint density at radius 2 is 2.00 bits per heavy atom. The Balaban J connectivity index is 1.62. The van der Waals surface area contributed by atoms with Crippen molar-refractivity contribution in [3.8, 4) is 11.1 Å². The fourth-order valence-electron chi connectivity index (χ4n) is 4.64. The minimum absolute atomic E-state index is 0.0864. The zero-order valence-electron chi connectivity index (χ0n) is 17.1. The predicted octanol–water partition coefficient (Wildman–Crippen LogP) is 4.07. The maximum Gasteiger partial charge on any atom is 0.258 e. The molecule has 158 valence electrons. The molecule has 2 aromatic heterocycles. The second-order valence-corrected chi connectivity index (χ2v) is 8.73. The van der Waals surface area contributed by atoms with Gasteiger partial charge in [0.05, 0.1) is 10.6 Å². The van der Waals surface area contributed by atoms with E-state index < -0.39 is 11.7 Å². The van der Waals surface area contributed by atoms with Crippen LogP contribution in [0.4, 0.5) is 15.9 Å². The van der Waals surface area contributed by atoms with Gasteiger partial charge in [-0.1, -0.05) is 11.6 Å². The number of aromatic nitrogens is 2. The monoisotopic (exact) mass is 437 g/mol. The number of carbonyl (C=O) groups excluding carboxylic acids is 1. The Hall–Kier alpha value is -3.19. The van der Waals surface area contributed by atoms with E-state index in [0.29, 0.717) is 16.5 Å². The molecule has 3 N–H and O–H groups in total. The smallest absolute Gasteiger partial charge is 0.258 e. The van der Waals surface area contributed by atoms with Gasteiger partial charge in [0.2, 0.25) is 0 Å². The molecule has 6 nitrogen and oxygen atoms in total. The van der Waals surface area contributed by atoms with Crippen LogP contribution >= 0.6 is 11.6 Å². The molecule has 1 spiro atoms. The van der Waals surface area contributed by atoms with Crippen LogP contribution in [0.5, 0.6) is 0 Å². The third-order valence-electron chi connectivity index (χ3n) is 6.35. The Bertz CT molecular complexity index is 1220. The molecule has 1 amide bonds. The van der Waals surface area contributed by atoms with E-state index in [2.05, 4.69) is 15.3 Å². The molecule has 0 unspecified atom stereocenters. The standard InChI is InChI=1S/C23H21ClFN5O/c1-30(2)22(31)17-16(26)4-3-13(20(17)25)14-10-28-21-18(19(14)24)23(11-29-21)9-15(23)12-5-7-27-8-6-12/h3-8,10,15H,9,11,26H2,1-2H3,(H,28,29)/t15-,23-/m0/s1. The second kappa shape index (κ2) is 6.92. The number of nitrogens with zero attached hydrogens (tertiary/aromatic N) is 3. The zero-order valence-corrected chi connectivity index (χ0v) is 17.9. The summed E-state index contributed by atoms with van der Waals surface area (Å²) in [5, 5.41) is 3.81. The number of anilines is 2. The van der Waals surface area contributed by atoms with Crippen LogP contribution in [0.1, 0.15) is 33.8 Å². The van der Waals surface area contributed by atoms with Gasteiger partial charge in [-0.25, -0.2) is 9.37 Å². The maximum atomic E-state index is 15.5. The number of nitrogens with one attached hydrogen (secondary N) is 1. The van der Waals surface area contributed by atoms with Crippen molar-refractivity contribution in [2.75, 3.05) is 31.7 Å². The first-order chi connectivity index (χ1) is 14.8. The molecule has 1 aromatic carbocycles. The molecular formula is C23H21ClFN5O. The van der Waals surface area contributed by atoms with Gasteiger partial charge in [-0.3, -0.25) is 9.78 Å². The van der Waals surface area contributed by atoms with Crippen molar-refractivity contribution in [3.63, 3.8) is 0 Å². The highest BCUT2D eigenvalue weighted by Crippen LogP contribution is 2.66. The lowest BCUT2D eigenvalue weighted by atomic mass is 9.91. The summed E-state index contributed by atoms with van der Waals surface area (Å²) in [6.45, 7) is 0.722. The van der Waals surface area contributed by atoms with Gasteiger partial charge in [0.25, 0.3) is 5.91 Å². The molecule has 2 aliphatic rings. The Morgan fingerprint density at radius 3 is 2.71 bits per heavy atom. The van der Waals surface area contributed by atoms with E-state index in [1.165, 1.54) is 16.5 Å². The van der Waals surface area contributed by atoms with E-state index in [9.17, 15) is 4.79 Å². The molecule has 1 fully saturated rings. The SMILES string of the molecule is CN(C)C(=O)c1c(N)ccc(-c2cnc3c(c2Cl)[C@]2(CN3)C[C@H]2c2ccncc2)c1F. The lowest BCUT2D eigenvalue weighted by Gasteiger charge is -2.17. The van der Waals surface area contributed by atoms with Gasteiger partial charge in [0.15, 0.2) is 0 Å². The van der Waals surface area contributed by atoms with E-state index in [-0.39, 0.29) is 22.2 Å². The van der Waals surface area contributed by atoms with Crippen molar-refractivity contribution in [2.24, 2.45) is 0 Å². The molecule has 0 radical (unpaired) electrons. The molecule has 31 heavy (non-hydrogen) atoms. The van der Waals surface area contributed by atoms with Crippen LogP contribution in [-0.4, -0.2) is 41.4 Å². The molecule has 3 heterocycles. The highest BCUT2D eigenvalue weighted by molar-refractivity contribution is 6.34. The maximum absolute atomic E-state index is 15.5. The van der Waals surface area contributed by atoms with Crippen molar-refractivity contribution >= 4 is 29.0 Å². The number of rotatable bonds is 3. The van der Waals surface area contributed by atoms with Gasteiger partial charge in [0, 0.05) is 67.0 Å². The average molecular weight is 438 g/mol. The summed E-state index contributed by atoms with van der Waals surface area (Å²) in [7, 11) is 3.11. The summed E-state index contributed by atoms with van der Waals surface area (Å²) in [5.41, 5.74) is 8.44. The first kappa shape index (κ1) is 19.8. The number of amides is 1. The normalized spacial score (nSPS) is 21.0. The van der Waals surface area contributed by atoms with Crippen LogP contribution in [0.2, 0.25) is 5.02 Å². The molecule has 2 atom stereocenters. The molecule has 8 heteroatoms. The van der Waals surface area contributed by atoms with Crippen LogP contribution in [0, 0.1) is 5.82 Å². The van der Waals surface area contributed by atoms with Gasteiger partial charge >= 0.3 is 0 Å². The van der Waals surface area contributed by atoms with Crippen LogP contribution < -0.4 is 11.1 Å². The van der Waals surface area contributed by atoms with Gasteiger partial charge in [0.1, 0.15) is 11.6 Å². The van der Waals surface area contributed by atoms with E-state index in [1.54, 1.807) is 38.8 Å². The second-order valence-electron chi connectivity index (χ2n) is 8.35. The van der Waals surface area contributed by atoms with E-state index in [4.69, 9.17) is 17.3 Å². The van der Waals surface area contributed by atoms with E-state index in [0.717, 1.165) is 24.3 Å². The average Bonchev–Trinajstić information content (AvgIpc) is 3.36. The molecule has 1 aliphatic carbocycles. The van der Waals surface area contributed by atoms with Crippen molar-refractivity contribution < 1.29 is 9.18 Å². The Labute approximate surface area is 184 Å². The van der Waals surface area contributed by atoms with Crippen LogP contribution in [0.25, 0.3) is 11.1 Å². The third-order valence-corrected chi connectivity index (χ3v) is 6.75. The number of hydrogen-bond acceptors (Lipinski definition) is 5. The van der Waals surface area contributed by atoms with Crippen LogP contribution in [0.15, 0.2) is 42.9 Å². The lowest BCUT2D eigenvalue weighted by Crippen LogP contribution is -2.24. The van der Waals surface area contributed by atoms with Crippen LogP contribution in [0.3, 0.4) is 0 Å². The summed E-state index contributed by atoms with van der Waals surface area (Å²) in [6.07, 6.45) is 6.05. The van der Waals surface area contributed by atoms with Crippen LogP contribution in [-0.2, 0) is 5.41 Å². The number of pyridine rings is 2. The van der Waals surface area contributed by atoms with Crippen molar-refractivity contribution in [2.45, 2.75) is 17.8 Å². The molecule has 0 saturated heterocycles.